The average molecular weight is 363 g/mol. The largest absolute Gasteiger partial charge is 0.365 e. The van der Waals surface area contributed by atoms with Crippen molar-refractivity contribution in [2.24, 2.45) is 5.16 Å². The number of carbonyl (C=O) groups is 3. The quantitative estimate of drug-likeness (QED) is 0.655. The summed E-state index contributed by atoms with van der Waals surface area (Å²) in [6, 6.07) is 10.8. The lowest BCUT2D eigenvalue weighted by molar-refractivity contribution is -0.110. The second-order valence-corrected chi connectivity index (χ2v) is 5.62. The number of fused-ring (bicyclic) bond motifs is 1. The van der Waals surface area contributed by atoms with E-state index in [1.807, 2.05) is 0 Å². The Morgan fingerprint density at radius 3 is 2.50 bits per heavy atom. The number of anilines is 1. The van der Waals surface area contributed by atoms with Crippen molar-refractivity contribution < 1.29 is 19.2 Å². The van der Waals surface area contributed by atoms with Crippen molar-refractivity contribution in [2.45, 2.75) is 0 Å². The fourth-order valence-electron chi connectivity index (χ4n) is 2.10. The van der Waals surface area contributed by atoms with Gasteiger partial charge in [-0.3, -0.25) is 9.59 Å². The summed E-state index contributed by atoms with van der Waals surface area (Å²) in [4.78, 5) is 40.9. The number of hydrogen-bond donors (Lipinski definition) is 1. The maximum Gasteiger partial charge on any atom is 0.365 e. The summed E-state index contributed by atoms with van der Waals surface area (Å²) in [5, 5.41) is 6.16. The van der Waals surface area contributed by atoms with Crippen LogP contribution in [0.2, 0.25) is 10.0 Å². The molecule has 24 heavy (non-hydrogen) atoms. The van der Waals surface area contributed by atoms with E-state index in [2.05, 4.69) is 15.3 Å². The molecule has 6 nitrogen and oxygen atoms in total. The zero-order valence-electron chi connectivity index (χ0n) is 11.9. The first-order valence-electron chi connectivity index (χ1n) is 6.67. The first kappa shape index (κ1) is 16.2. The molecule has 0 spiro atoms. The fraction of sp³-hybridized carbons (Fsp3) is 0. The van der Waals surface area contributed by atoms with Gasteiger partial charge in [0.25, 0.3) is 5.91 Å². The Kier molecular flexibility index (Phi) is 4.33. The number of ketones is 1. The predicted molar refractivity (Wildman–Crippen MR) is 88.7 cm³/mol. The van der Waals surface area contributed by atoms with Gasteiger partial charge in [0.2, 0.25) is 11.5 Å². The molecule has 2 aromatic carbocycles. The van der Waals surface area contributed by atoms with Crippen LogP contribution in [-0.4, -0.2) is 23.4 Å². The molecule has 0 bridgehead atoms. The molecule has 8 heteroatoms. The van der Waals surface area contributed by atoms with E-state index in [9.17, 15) is 14.4 Å². The van der Waals surface area contributed by atoms with Crippen molar-refractivity contribution in [1.29, 1.82) is 0 Å². The maximum atomic E-state index is 12.4. The van der Waals surface area contributed by atoms with Crippen molar-refractivity contribution in [1.82, 2.24) is 0 Å². The third-order valence-corrected chi connectivity index (χ3v) is 3.71. The lowest BCUT2D eigenvalue weighted by Gasteiger charge is -2.18. The number of benzene rings is 2. The molecule has 0 atom stereocenters. The molecule has 1 heterocycles. The van der Waals surface area contributed by atoms with Crippen LogP contribution < -0.4 is 5.32 Å². The van der Waals surface area contributed by atoms with Crippen LogP contribution in [0.25, 0.3) is 0 Å². The standard InChI is InChI=1S/C16H8Cl2N2O4/c17-9-6-10(18)12-11(7-9)19-15(22)13(14(12)21)20-24-16(23)8-4-2-1-3-5-8/h1-7H,(H,19,22). The van der Waals surface area contributed by atoms with E-state index in [1.165, 1.54) is 24.3 Å². The highest BCUT2D eigenvalue weighted by Crippen LogP contribution is 2.32. The van der Waals surface area contributed by atoms with E-state index in [4.69, 9.17) is 23.2 Å². The number of halogens is 2. The Morgan fingerprint density at radius 2 is 1.79 bits per heavy atom. The van der Waals surface area contributed by atoms with E-state index in [0.717, 1.165) is 0 Å². The molecule has 1 N–H and O–H groups in total. The molecule has 1 aliphatic heterocycles. The minimum atomic E-state index is -0.813. The lowest BCUT2D eigenvalue weighted by Crippen LogP contribution is -2.36. The van der Waals surface area contributed by atoms with Gasteiger partial charge in [-0.25, -0.2) is 4.79 Å². The molecule has 0 fully saturated rings. The molecule has 0 saturated carbocycles. The molecule has 2 aromatic rings. The Balaban J connectivity index is 1.90. The first-order valence-corrected chi connectivity index (χ1v) is 7.42. The van der Waals surface area contributed by atoms with Gasteiger partial charge in [0.05, 0.1) is 21.8 Å². The minimum Gasteiger partial charge on any atom is -0.320 e. The van der Waals surface area contributed by atoms with Gasteiger partial charge in [0.1, 0.15) is 0 Å². The highest BCUT2D eigenvalue weighted by Gasteiger charge is 2.33. The van der Waals surface area contributed by atoms with Crippen LogP contribution in [0.5, 0.6) is 0 Å². The number of Topliss-reactive ketones (excluding diaryl/α,β-unsaturated/α-hetero) is 1. The predicted octanol–water partition coefficient (Wildman–Crippen LogP) is 3.34. The number of nitrogens with zero attached hydrogens (tertiary/aromatic N) is 1. The van der Waals surface area contributed by atoms with Crippen molar-refractivity contribution in [3.05, 3.63) is 63.6 Å². The highest BCUT2D eigenvalue weighted by atomic mass is 35.5. The van der Waals surface area contributed by atoms with Crippen LogP contribution in [0.3, 0.4) is 0 Å². The molecule has 0 unspecified atom stereocenters. The molecule has 3 rings (SSSR count). The van der Waals surface area contributed by atoms with E-state index in [1.54, 1.807) is 18.2 Å². The van der Waals surface area contributed by atoms with Crippen LogP contribution in [0.1, 0.15) is 20.7 Å². The van der Waals surface area contributed by atoms with Crippen LogP contribution in [0.15, 0.2) is 47.6 Å². The smallest absolute Gasteiger partial charge is 0.320 e. The summed E-state index contributed by atoms with van der Waals surface area (Å²) < 4.78 is 0. The Morgan fingerprint density at radius 1 is 1.08 bits per heavy atom. The Bertz CT molecular complexity index is 894. The normalized spacial score (nSPS) is 15.0. The zero-order valence-corrected chi connectivity index (χ0v) is 13.4. The molecule has 0 aliphatic carbocycles. The fourth-order valence-corrected chi connectivity index (χ4v) is 2.68. The number of nitrogens with one attached hydrogen (secondary N) is 1. The highest BCUT2D eigenvalue weighted by molar-refractivity contribution is 6.73. The van der Waals surface area contributed by atoms with E-state index >= 15 is 0 Å². The van der Waals surface area contributed by atoms with E-state index < -0.39 is 23.4 Å². The van der Waals surface area contributed by atoms with Crippen LogP contribution in [0, 0.1) is 0 Å². The SMILES string of the molecule is O=C1Nc2cc(Cl)cc(Cl)c2C(=O)C1=NOC(=O)c1ccccc1. The summed E-state index contributed by atoms with van der Waals surface area (Å²) in [7, 11) is 0. The topological polar surface area (TPSA) is 84.8 Å². The van der Waals surface area contributed by atoms with Gasteiger partial charge in [-0.2, -0.15) is 0 Å². The van der Waals surface area contributed by atoms with Gasteiger partial charge in [-0.1, -0.05) is 46.6 Å². The van der Waals surface area contributed by atoms with Crippen molar-refractivity contribution in [3.8, 4) is 0 Å². The zero-order chi connectivity index (χ0) is 17.3. The summed E-state index contributed by atoms with van der Waals surface area (Å²) in [5.41, 5.74) is -0.127. The number of oxime groups is 1. The molecule has 0 saturated heterocycles. The summed E-state index contributed by atoms with van der Waals surface area (Å²) in [6.07, 6.45) is 0. The summed E-state index contributed by atoms with van der Waals surface area (Å²) in [5.74, 6) is -2.36. The monoisotopic (exact) mass is 362 g/mol. The maximum absolute atomic E-state index is 12.4. The van der Waals surface area contributed by atoms with Gasteiger partial charge in [-0.15, -0.1) is 0 Å². The summed E-state index contributed by atoms with van der Waals surface area (Å²) in [6.45, 7) is 0. The molecule has 120 valence electrons. The third-order valence-electron chi connectivity index (χ3n) is 3.19. The minimum absolute atomic E-state index is 0.0372. The van der Waals surface area contributed by atoms with E-state index in [0.29, 0.717) is 0 Å². The van der Waals surface area contributed by atoms with E-state index in [-0.39, 0.29) is 26.9 Å². The Labute approximate surface area is 146 Å². The second kappa shape index (κ2) is 6.43. The third kappa shape index (κ3) is 3.02. The molecular formula is C16H8Cl2N2O4. The number of rotatable bonds is 2. The van der Waals surface area contributed by atoms with Gasteiger partial charge < -0.3 is 10.2 Å². The van der Waals surface area contributed by atoms with Gasteiger partial charge >= 0.3 is 5.97 Å². The molecule has 0 radical (unpaired) electrons. The molecule has 0 aromatic heterocycles. The summed E-state index contributed by atoms with van der Waals surface area (Å²) >= 11 is 11.8. The molecular weight excluding hydrogens is 355 g/mol. The van der Waals surface area contributed by atoms with Gasteiger partial charge in [0.15, 0.2) is 0 Å². The lowest BCUT2D eigenvalue weighted by atomic mass is 10.00. The average Bonchev–Trinajstić information content (AvgIpc) is 2.54. The Hall–Kier alpha value is -2.70. The molecule has 1 amide bonds. The van der Waals surface area contributed by atoms with Gasteiger partial charge in [-0.05, 0) is 24.3 Å². The van der Waals surface area contributed by atoms with Crippen molar-refractivity contribution in [3.63, 3.8) is 0 Å². The first-order chi connectivity index (χ1) is 11.5. The van der Waals surface area contributed by atoms with Crippen molar-refractivity contribution in [2.75, 3.05) is 5.32 Å². The number of carbonyl (C=O) groups excluding carboxylic acids is 3. The number of amides is 1. The van der Waals surface area contributed by atoms with Crippen LogP contribution >= 0.6 is 23.2 Å². The van der Waals surface area contributed by atoms with Crippen molar-refractivity contribution >= 4 is 52.3 Å². The van der Waals surface area contributed by atoms with Crippen LogP contribution in [-0.2, 0) is 9.63 Å². The van der Waals surface area contributed by atoms with Crippen LogP contribution in [0.4, 0.5) is 5.69 Å². The second-order valence-electron chi connectivity index (χ2n) is 4.78. The molecule has 1 aliphatic rings. The van der Waals surface area contributed by atoms with Gasteiger partial charge in [0, 0.05) is 5.02 Å². The number of hydrogen-bond acceptors (Lipinski definition) is 5.